The number of nitrogens with zero attached hydrogens (tertiary/aromatic N) is 2. The van der Waals surface area contributed by atoms with Crippen molar-refractivity contribution in [2.45, 2.75) is 44.9 Å². The van der Waals surface area contributed by atoms with Crippen molar-refractivity contribution in [1.82, 2.24) is 9.97 Å². The van der Waals surface area contributed by atoms with E-state index in [0.29, 0.717) is 4.83 Å². The summed E-state index contributed by atoms with van der Waals surface area (Å²) >= 11 is 3.67. The molecule has 78 valence electrons. The molecule has 1 heterocycles. The fourth-order valence-corrected chi connectivity index (χ4v) is 2.17. The number of rotatable bonds is 4. The minimum atomic E-state index is 0.530. The van der Waals surface area contributed by atoms with E-state index < -0.39 is 0 Å². The van der Waals surface area contributed by atoms with Crippen molar-refractivity contribution in [1.29, 1.82) is 0 Å². The van der Waals surface area contributed by atoms with E-state index in [1.165, 1.54) is 12.8 Å². The lowest BCUT2D eigenvalue weighted by atomic mass is 10.1. The first-order valence-corrected chi connectivity index (χ1v) is 5.98. The molecular weight excluding hydrogens is 240 g/mol. The standard InChI is InChI=1S/C11H17BrN2/c1-4-5-10(12)6-11-9(3)13-7-8(2)14-11/h7,10H,4-6H2,1-3H3. The van der Waals surface area contributed by atoms with Crippen molar-refractivity contribution < 1.29 is 0 Å². The molecule has 0 bridgehead atoms. The van der Waals surface area contributed by atoms with Crippen LogP contribution in [0, 0.1) is 13.8 Å². The molecule has 3 heteroatoms. The summed E-state index contributed by atoms with van der Waals surface area (Å²) in [5.41, 5.74) is 3.18. The lowest BCUT2D eigenvalue weighted by Gasteiger charge is -2.09. The number of alkyl halides is 1. The first kappa shape index (κ1) is 11.6. The summed E-state index contributed by atoms with van der Waals surface area (Å²) in [5, 5.41) is 0. The molecule has 1 aromatic rings. The zero-order valence-electron chi connectivity index (χ0n) is 9.05. The average molecular weight is 257 g/mol. The van der Waals surface area contributed by atoms with Crippen LogP contribution in [0.4, 0.5) is 0 Å². The van der Waals surface area contributed by atoms with Gasteiger partial charge in [0.15, 0.2) is 0 Å². The Bertz CT molecular complexity index is 299. The highest BCUT2D eigenvalue weighted by Crippen LogP contribution is 2.15. The van der Waals surface area contributed by atoms with E-state index in [9.17, 15) is 0 Å². The van der Waals surface area contributed by atoms with E-state index in [-0.39, 0.29) is 0 Å². The summed E-state index contributed by atoms with van der Waals surface area (Å²) in [6.07, 6.45) is 5.19. The van der Waals surface area contributed by atoms with Crippen molar-refractivity contribution in [2.75, 3.05) is 0 Å². The Morgan fingerprint density at radius 3 is 2.79 bits per heavy atom. The largest absolute Gasteiger partial charge is 0.258 e. The first-order valence-electron chi connectivity index (χ1n) is 5.06. The second-order valence-corrected chi connectivity index (χ2v) is 4.93. The highest BCUT2D eigenvalue weighted by Gasteiger charge is 2.08. The van der Waals surface area contributed by atoms with Crippen LogP contribution < -0.4 is 0 Å². The van der Waals surface area contributed by atoms with Gasteiger partial charge in [0.2, 0.25) is 0 Å². The number of hydrogen-bond donors (Lipinski definition) is 0. The summed E-state index contributed by atoms with van der Waals surface area (Å²) in [7, 11) is 0. The molecule has 2 nitrogen and oxygen atoms in total. The van der Waals surface area contributed by atoms with E-state index in [1.807, 2.05) is 20.0 Å². The van der Waals surface area contributed by atoms with Crippen LogP contribution in [0.2, 0.25) is 0 Å². The predicted octanol–water partition coefficient (Wildman–Crippen LogP) is 3.20. The summed E-state index contributed by atoms with van der Waals surface area (Å²) < 4.78 is 0. The van der Waals surface area contributed by atoms with Crippen molar-refractivity contribution in [3.05, 3.63) is 23.3 Å². The second kappa shape index (κ2) is 5.44. The quantitative estimate of drug-likeness (QED) is 0.774. The molecule has 0 saturated heterocycles. The van der Waals surface area contributed by atoms with Gasteiger partial charge in [0.1, 0.15) is 0 Å². The van der Waals surface area contributed by atoms with Gasteiger partial charge in [0.25, 0.3) is 0 Å². The molecule has 0 radical (unpaired) electrons. The normalized spacial score (nSPS) is 12.9. The maximum absolute atomic E-state index is 4.50. The van der Waals surface area contributed by atoms with Crippen LogP contribution in [-0.2, 0) is 6.42 Å². The highest BCUT2D eigenvalue weighted by molar-refractivity contribution is 9.09. The van der Waals surface area contributed by atoms with Crippen molar-refractivity contribution in [3.63, 3.8) is 0 Å². The summed E-state index contributed by atoms with van der Waals surface area (Å²) in [5.74, 6) is 0. The topological polar surface area (TPSA) is 25.8 Å². The Hall–Kier alpha value is -0.440. The van der Waals surface area contributed by atoms with Gasteiger partial charge in [-0.05, 0) is 20.3 Å². The van der Waals surface area contributed by atoms with Crippen molar-refractivity contribution >= 4 is 15.9 Å². The predicted molar refractivity (Wildman–Crippen MR) is 62.8 cm³/mol. The molecular formula is C11H17BrN2. The third kappa shape index (κ3) is 3.37. The molecule has 0 saturated carbocycles. The van der Waals surface area contributed by atoms with Gasteiger partial charge >= 0.3 is 0 Å². The smallest absolute Gasteiger partial charge is 0.0630 e. The monoisotopic (exact) mass is 256 g/mol. The Morgan fingerprint density at radius 1 is 1.43 bits per heavy atom. The summed E-state index contributed by atoms with van der Waals surface area (Å²) in [6, 6.07) is 0. The first-order chi connectivity index (χ1) is 6.63. The third-order valence-corrected chi connectivity index (χ3v) is 2.97. The molecule has 0 spiro atoms. The minimum absolute atomic E-state index is 0.530. The summed E-state index contributed by atoms with van der Waals surface area (Å²) in [6.45, 7) is 6.20. The Kier molecular flexibility index (Phi) is 4.52. The van der Waals surface area contributed by atoms with Gasteiger partial charge in [-0.3, -0.25) is 9.97 Å². The molecule has 1 rings (SSSR count). The van der Waals surface area contributed by atoms with E-state index in [1.54, 1.807) is 0 Å². The molecule has 0 aliphatic heterocycles. The zero-order valence-corrected chi connectivity index (χ0v) is 10.6. The van der Waals surface area contributed by atoms with Gasteiger partial charge in [0.05, 0.1) is 17.1 Å². The Morgan fingerprint density at radius 2 is 2.14 bits per heavy atom. The highest BCUT2D eigenvalue weighted by atomic mass is 79.9. The van der Waals surface area contributed by atoms with Crippen LogP contribution in [0.3, 0.4) is 0 Å². The third-order valence-electron chi connectivity index (χ3n) is 2.19. The average Bonchev–Trinajstić information content (AvgIpc) is 2.12. The second-order valence-electron chi connectivity index (χ2n) is 3.63. The molecule has 0 aliphatic rings. The van der Waals surface area contributed by atoms with Gasteiger partial charge in [-0.1, -0.05) is 29.3 Å². The molecule has 0 fully saturated rings. The maximum atomic E-state index is 4.50. The number of aryl methyl sites for hydroxylation is 2. The number of hydrogen-bond acceptors (Lipinski definition) is 2. The van der Waals surface area contributed by atoms with Crippen LogP contribution in [-0.4, -0.2) is 14.8 Å². The van der Waals surface area contributed by atoms with E-state index in [0.717, 1.165) is 23.5 Å². The van der Waals surface area contributed by atoms with Crippen LogP contribution in [0.15, 0.2) is 6.20 Å². The molecule has 0 N–H and O–H groups in total. The van der Waals surface area contributed by atoms with Gasteiger partial charge in [0, 0.05) is 17.4 Å². The van der Waals surface area contributed by atoms with Gasteiger partial charge in [-0.25, -0.2) is 0 Å². The van der Waals surface area contributed by atoms with Crippen LogP contribution >= 0.6 is 15.9 Å². The van der Waals surface area contributed by atoms with Gasteiger partial charge in [-0.2, -0.15) is 0 Å². The lowest BCUT2D eigenvalue weighted by molar-refractivity contribution is 0.725. The molecule has 1 atom stereocenters. The molecule has 0 aromatic carbocycles. The van der Waals surface area contributed by atoms with Gasteiger partial charge in [-0.15, -0.1) is 0 Å². The Balaban J connectivity index is 2.70. The molecule has 14 heavy (non-hydrogen) atoms. The SMILES string of the molecule is CCCC(Br)Cc1nc(C)cnc1C. The fraction of sp³-hybridized carbons (Fsp3) is 0.636. The molecule has 0 aliphatic carbocycles. The number of halogens is 1. The maximum Gasteiger partial charge on any atom is 0.0630 e. The number of aromatic nitrogens is 2. The van der Waals surface area contributed by atoms with Crippen LogP contribution in [0.25, 0.3) is 0 Å². The van der Waals surface area contributed by atoms with Crippen LogP contribution in [0.5, 0.6) is 0 Å². The van der Waals surface area contributed by atoms with E-state index in [2.05, 4.69) is 32.8 Å². The van der Waals surface area contributed by atoms with E-state index >= 15 is 0 Å². The molecule has 1 unspecified atom stereocenters. The lowest BCUT2D eigenvalue weighted by Crippen LogP contribution is -2.07. The zero-order chi connectivity index (χ0) is 10.6. The molecule has 1 aromatic heterocycles. The minimum Gasteiger partial charge on any atom is -0.258 e. The Labute approximate surface area is 94.3 Å². The van der Waals surface area contributed by atoms with Crippen LogP contribution in [0.1, 0.15) is 36.8 Å². The van der Waals surface area contributed by atoms with Crippen molar-refractivity contribution in [2.24, 2.45) is 0 Å². The fourth-order valence-electron chi connectivity index (χ4n) is 1.41. The summed E-state index contributed by atoms with van der Waals surface area (Å²) in [4.78, 5) is 9.34. The molecule has 0 amide bonds. The van der Waals surface area contributed by atoms with Crippen molar-refractivity contribution in [3.8, 4) is 0 Å². The van der Waals surface area contributed by atoms with Gasteiger partial charge < -0.3 is 0 Å². The van der Waals surface area contributed by atoms with E-state index in [4.69, 9.17) is 0 Å².